The molecule has 0 saturated carbocycles. The van der Waals surface area contributed by atoms with E-state index in [9.17, 15) is 9.59 Å². The largest absolute Gasteiger partial charge is 0.464 e. The van der Waals surface area contributed by atoms with Crippen LogP contribution in [0.5, 0.6) is 0 Å². The molecule has 0 aromatic heterocycles. The van der Waals surface area contributed by atoms with Gasteiger partial charge in [0, 0.05) is 11.3 Å². The molecular weight excluding hydrogens is 244 g/mol. The molecule has 3 N–H and O–H groups in total. The van der Waals surface area contributed by atoms with Gasteiger partial charge in [-0.25, -0.2) is 4.79 Å². The molecule has 5 nitrogen and oxygen atoms in total. The first-order valence-corrected chi connectivity index (χ1v) is 6.41. The van der Waals surface area contributed by atoms with E-state index in [1.54, 1.807) is 31.2 Å². The molecular formula is C14H20N2O3. The summed E-state index contributed by atoms with van der Waals surface area (Å²) >= 11 is 0. The van der Waals surface area contributed by atoms with Gasteiger partial charge in [0.25, 0.3) is 0 Å². The first-order chi connectivity index (χ1) is 9.08. The Balaban J connectivity index is 2.73. The van der Waals surface area contributed by atoms with Crippen molar-refractivity contribution in [2.75, 3.05) is 11.9 Å². The molecule has 5 heteroatoms. The number of nitrogens with one attached hydrogen (secondary N) is 1. The molecule has 0 bridgehead atoms. The van der Waals surface area contributed by atoms with Crippen LogP contribution in [0.25, 0.3) is 0 Å². The molecule has 0 aliphatic carbocycles. The number of anilines is 1. The fraction of sp³-hybridized carbons (Fsp3) is 0.429. The molecule has 1 atom stereocenters. The Hall–Kier alpha value is -2.04. The van der Waals surface area contributed by atoms with Gasteiger partial charge >= 0.3 is 5.97 Å². The van der Waals surface area contributed by atoms with Crippen LogP contribution < -0.4 is 11.1 Å². The van der Waals surface area contributed by atoms with E-state index in [0.29, 0.717) is 18.6 Å². The van der Waals surface area contributed by atoms with E-state index in [-0.39, 0.29) is 12.0 Å². The predicted octanol–water partition coefficient (Wildman–Crippen LogP) is 1.93. The van der Waals surface area contributed by atoms with Crippen LogP contribution in [-0.2, 0) is 9.53 Å². The van der Waals surface area contributed by atoms with Gasteiger partial charge in [-0.15, -0.1) is 0 Å². The van der Waals surface area contributed by atoms with Crippen molar-refractivity contribution in [1.29, 1.82) is 0 Å². The van der Waals surface area contributed by atoms with Gasteiger partial charge in [-0.2, -0.15) is 0 Å². The second-order valence-corrected chi connectivity index (χ2v) is 4.18. The van der Waals surface area contributed by atoms with Gasteiger partial charge < -0.3 is 15.8 Å². The lowest BCUT2D eigenvalue weighted by Crippen LogP contribution is -2.31. The summed E-state index contributed by atoms with van der Waals surface area (Å²) in [7, 11) is 0. The fourth-order valence-corrected chi connectivity index (χ4v) is 1.71. The molecule has 0 heterocycles. The average molecular weight is 264 g/mol. The summed E-state index contributed by atoms with van der Waals surface area (Å²) in [5, 5.41) is 3.10. The van der Waals surface area contributed by atoms with Gasteiger partial charge in [-0.05, 0) is 37.6 Å². The quantitative estimate of drug-likeness (QED) is 0.737. The summed E-state index contributed by atoms with van der Waals surface area (Å²) < 4.78 is 5.02. The second-order valence-electron chi connectivity index (χ2n) is 4.18. The monoisotopic (exact) mass is 264 g/mol. The standard InChI is InChI=1S/C14H20N2O3/c1-3-5-12(14(18)19-4-2)16-11-8-6-10(7-9-11)13(15)17/h6-9,12,16H,3-5H2,1-2H3,(H2,15,17). The van der Waals surface area contributed by atoms with E-state index in [4.69, 9.17) is 10.5 Å². The minimum atomic E-state index is -0.470. The SMILES string of the molecule is CCCC(Nc1ccc(C(N)=O)cc1)C(=O)OCC. The molecule has 0 aliphatic heterocycles. The fourth-order valence-electron chi connectivity index (χ4n) is 1.71. The van der Waals surface area contributed by atoms with Crippen molar-refractivity contribution < 1.29 is 14.3 Å². The maximum absolute atomic E-state index is 11.8. The molecule has 1 unspecified atom stereocenters. The summed E-state index contributed by atoms with van der Waals surface area (Å²) in [6.07, 6.45) is 1.56. The van der Waals surface area contributed by atoms with Crippen LogP contribution in [0, 0.1) is 0 Å². The van der Waals surface area contributed by atoms with Gasteiger partial charge in [0.15, 0.2) is 0 Å². The van der Waals surface area contributed by atoms with Crippen molar-refractivity contribution >= 4 is 17.6 Å². The number of hydrogen-bond acceptors (Lipinski definition) is 4. The van der Waals surface area contributed by atoms with Crippen molar-refractivity contribution in [3.63, 3.8) is 0 Å². The number of ether oxygens (including phenoxy) is 1. The Labute approximate surface area is 113 Å². The number of amides is 1. The second kappa shape index (κ2) is 7.41. The number of primary amides is 1. The number of benzene rings is 1. The number of carbonyl (C=O) groups excluding carboxylic acids is 2. The third-order valence-electron chi connectivity index (χ3n) is 2.66. The van der Waals surface area contributed by atoms with Crippen LogP contribution in [0.1, 0.15) is 37.0 Å². The smallest absolute Gasteiger partial charge is 0.328 e. The highest BCUT2D eigenvalue weighted by molar-refractivity contribution is 5.93. The molecule has 0 spiro atoms. The molecule has 1 aromatic rings. The highest BCUT2D eigenvalue weighted by Gasteiger charge is 2.18. The number of rotatable bonds is 7. The molecule has 0 radical (unpaired) electrons. The lowest BCUT2D eigenvalue weighted by atomic mass is 10.1. The summed E-state index contributed by atoms with van der Waals surface area (Å²) in [4.78, 5) is 22.7. The zero-order chi connectivity index (χ0) is 14.3. The summed E-state index contributed by atoms with van der Waals surface area (Å²) in [5.74, 6) is -0.731. The van der Waals surface area contributed by atoms with E-state index < -0.39 is 5.91 Å². The molecule has 1 amide bonds. The van der Waals surface area contributed by atoms with Gasteiger partial charge in [0.05, 0.1) is 6.61 Å². The van der Waals surface area contributed by atoms with Gasteiger partial charge in [-0.3, -0.25) is 4.79 Å². The lowest BCUT2D eigenvalue weighted by Gasteiger charge is -2.17. The Morgan fingerprint density at radius 1 is 1.26 bits per heavy atom. The van der Waals surface area contributed by atoms with Crippen molar-refractivity contribution in [2.24, 2.45) is 5.73 Å². The number of nitrogens with two attached hydrogens (primary N) is 1. The summed E-state index contributed by atoms with van der Waals surface area (Å²) in [6, 6.07) is 6.33. The topological polar surface area (TPSA) is 81.4 Å². The number of hydrogen-bond donors (Lipinski definition) is 2. The number of carbonyl (C=O) groups is 2. The van der Waals surface area contributed by atoms with Crippen LogP contribution in [-0.4, -0.2) is 24.5 Å². The van der Waals surface area contributed by atoms with Crippen molar-refractivity contribution in [2.45, 2.75) is 32.7 Å². The van der Waals surface area contributed by atoms with Crippen molar-refractivity contribution in [1.82, 2.24) is 0 Å². The molecule has 0 aliphatic rings. The Morgan fingerprint density at radius 3 is 2.37 bits per heavy atom. The van der Waals surface area contributed by atoms with E-state index in [0.717, 1.165) is 12.1 Å². The van der Waals surface area contributed by atoms with Crippen LogP contribution in [0.2, 0.25) is 0 Å². The molecule has 1 rings (SSSR count). The summed E-state index contributed by atoms with van der Waals surface area (Å²) in [6.45, 7) is 4.15. The van der Waals surface area contributed by atoms with Crippen molar-refractivity contribution in [3.8, 4) is 0 Å². The molecule has 0 fully saturated rings. The number of esters is 1. The minimum Gasteiger partial charge on any atom is -0.464 e. The van der Waals surface area contributed by atoms with E-state index in [2.05, 4.69) is 5.32 Å². The predicted molar refractivity (Wildman–Crippen MR) is 73.9 cm³/mol. The third-order valence-corrected chi connectivity index (χ3v) is 2.66. The first-order valence-electron chi connectivity index (χ1n) is 6.41. The van der Waals surface area contributed by atoms with Crippen LogP contribution >= 0.6 is 0 Å². The molecule has 19 heavy (non-hydrogen) atoms. The van der Waals surface area contributed by atoms with Gasteiger partial charge in [0.2, 0.25) is 5.91 Å². The van der Waals surface area contributed by atoms with E-state index in [1.807, 2.05) is 6.92 Å². The highest BCUT2D eigenvalue weighted by Crippen LogP contribution is 2.13. The average Bonchev–Trinajstić information content (AvgIpc) is 2.39. The lowest BCUT2D eigenvalue weighted by molar-refractivity contribution is -0.144. The van der Waals surface area contributed by atoms with E-state index in [1.165, 1.54) is 0 Å². The van der Waals surface area contributed by atoms with Crippen LogP contribution in [0.4, 0.5) is 5.69 Å². The van der Waals surface area contributed by atoms with Crippen LogP contribution in [0.15, 0.2) is 24.3 Å². The molecule has 104 valence electrons. The Morgan fingerprint density at radius 2 is 1.89 bits per heavy atom. The molecule has 1 aromatic carbocycles. The van der Waals surface area contributed by atoms with Gasteiger partial charge in [-0.1, -0.05) is 13.3 Å². The maximum Gasteiger partial charge on any atom is 0.328 e. The zero-order valence-electron chi connectivity index (χ0n) is 11.3. The maximum atomic E-state index is 11.8. The van der Waals surface area contributed by atoms with Gasteiger partial charge in [0.1, 0.15) is 6.04 Å². The summed E-state index contributed by atoms with van der Waals surface area (Å²) in [5.41, 5.74) is 6.37. The Kier molecular flexibility index (Phi) is 5.85. The van der Waals surface area contributed by atoms with E-state index >= 15 is 0 Å². The zero-order valence-corrected chi connectivity index (χ0v) is 11.3. The first kappa shape index (κ1) is 15.0. The Bertz CT molecular complexity index is 429. The highest BCUT2D eigenvalue weighted by atomic mass is 16.5. The minimum absolute atomic E-state index is 0.261. The van der Waals surface area contributed by atoms with Crippen LogP contribution in [0.3, 0.4) is 0 Å². The van der Waals surface area contributed by atoms with Crippen molar-refractivity contribution in [3.05, 3.63) is 29.8 Å². The third kappa shape index (κ3) is 4.62. The molecule has 0 saturated heterocycles. The normalized spacial score (nSPS) is 11.7.